The maximum atomic E-state index is 11.1. The van der Waals surface area contributed by atoms with Gasteiger partial charge in [0.1, 0.15) is 0 Å². The zero-order chi connectivity index (χ0) is 9.72. The quantitative estimate of drug-likeness (QED) is 0.499. The van der Waals surface area contributed by atoms with Crippen molar-refractivity contribution in [1.29, 1.82) is 0 Å². The fourth-order valence-corrected chi connectivity index (χ4v) is 1.08. The Hall–Kier alpha value is -0.700. The average molecular weight is 186 g/mol. The van der Waals surface area contributed by atoms with Gasteiger partial charge in [0, 0.05) is 0 Å². The number of allylic oxidation sites excluding steroid dienone is 1. The van der Waals surface area contributed by atoms with Crippen LogP contribution in [-0.2, 0) is 9.53 Å². The van der Waals surface area contributed by atoms with Crippen molar-refractivity contribution in [2.75, 3.05) is 0 Å². The Kier molecular flexibility index (Phi) is 4.74. The zero-order valence-corrected chi connectivity index (χ0v) is 8.53. The van der Waals surface area contributed by atoms with E-state index >= 15 is 0 Å². The summed E-state index contributed by atoms with van der Waals surface area (Å²) in [6.45, 7) is 12.6. The highest BCUT2D eigenvalue weighted by atomic mass is 32.2. The van der Waals surface area contributed by atoms with Crippen molar-refractivity contribution in [3.8, 4) is 0 Å². The fourth-order valence-electron chi connectivity index (χ4n) is 0.532. The number of carbonyl (C=O) groups excluding carboxylic acids is 1. The Balaban J connectivity index is 3.94. The molecule has 0 aliphatic carbocycles. The fraction of sp³-hybridized carbons (Fsp3) is 0.444. The zero-order valence-electron chi connectivity index (χ0n) is 7.72. The number of carbonyl (C=O) groups is 1. The van der Waals surface area contributed by atoms with E-state index in [1.54, 1.807) is 13.8 Å². The van der Waals surface area contributed by atoms with Gasteiger partial charge in [-0.3, -0.25) is 0 Å². The normalized spacial score (nSPS) is 9.67. The minimum Gasteiger partial charge on any atom is -0.459 e. The number of hydrogen-bond donors (Lipinski definition) is 0. The summed E-state index contributed by atoms with van der Waals surface area (Å²) in [5.41, 5.74) is 0. The molecule has 0 heterocycles. The molecule has 0 bridgehead atoms. The number of hydrogen-bond acceptors (Lipinski definition) is 3. The molecule has 0 rings (SSSR count). The van der Waals surface area contributed by atoms with Crippen LogP contribution in [-0.4, -0.2) is 12.1 Å². The molecular weight excluding hydrogens is 172 g/mol. The van der Waals surface area contributed by atoms with E-state index in [0.29, 0.717) is 4.91 Å². The number of thioether (sulfide) groups is 1. The van der Waals surface area contributed by atoms with E-state index in [9.17, 15) is 4.79 Å². The lowest BCUT2D eigenvalue weighted by Gasteiger charge is -2.08. The molecule has 3 heteroatoms. The lowest BCUT2D eigenvalue weighted by molar-refractivity contribution is -0.141. The van der Waals surface area contributed by atoms with E-state index in [0.717, 1.165) is 4.91 Å². The van der Waals surface area contributed by atoms with Crippen LogP contribution in [0, 0.1) is 0 Å². The average Bonchev–Trinajstić information content (AvgIpc) is 1.84. The summed E-state index contributed by atoms with van der Waals surface area (Å²) in [4.78, 5) is 12.3. The standard InChI is InChI=1S/C9H14O2S/c1-6(2)11-9(10)8(5)12-7(3)4/h6H,3,5H2,1-2,4H3. The maximum absolute atomic E-state index is 11.1. The molecule has 0 aliphatic heterocycles. The summed E-state index contributed by atoms with van der Waals surface area (Å²) in [7, 11) is 0. The second-order valence-corrected chi connectivity index (χ2v) is 4.08. The minimum absolute atomic E-state index is 0.0972. The third-order valence-corrected chi connectivity index (χ3v) is 1.63. The lowest BCUT2D eigenvalue weighted by Crippen LogP contribution is -2.11. The molecule has 0 fully saturated rings. The predicted molar refractivity (Wildman–Crippen MR) is 52.8 cm³/mol. The molecule has 0 atom stereocenters. The molecule has 0 unspecified atom stereocenters. The first-order valence-electron chi connectivity index (χ1n) is 3.66. The van der Waals surface area contributed by atoms with Crippen molar-refractivity contribution < 1.29 is 9.53 Å². The van der Waals surface area contributed by atoms with Gasteiger partial charge in [-0.1, -0.05) is 24.9 Å². The van der Waals surface area contributed by atoms with Gasteiger partial charge in [0.25, 0.3) is 0 Å². The third kappa shape index (κ3) is 5.02. The van der Waals surface area contributed by atoms with E-state index in [1.807, 2.05) is 6.92 Å². The largest absolute Gasteiger partial charge is 0.459 e. The van der Waals surface area contributed by atoms with Crippen molar-refractivity contribution in [3.05, 3.63) is 23.0 Å². The Morgan fingerprint density at radius 3 is 2.25 bits per heavy atom. The van der Waals surface area contributed by atoms with E-state index in [4.69, 9.17) is 4.74 Å². The maximum Gasteiger partial charge on any atom is 0.344 e. The molecule has 0 saturated carbocycles. The van der Waals surface area contributed by atoms with E-state index < -0.39 is 0 Å². The SMILES string of the molecule is C=C(C)SC(=C)C(=O)OC(C)C. The first-order valence-corrected chi connectivity index (χ1v) is 4.48. The van der Waals surface area contributed by atoms with Crippen LogP contribution in [0.15, 0.2) is 23.0 Å². The summed E-state index contributed by atoms with van der Waals surface area (Å²) < 4.78 is 4.91. The number of ether oxygens (including phenoxy) is 1. The lowest BCUT2D eigenvalue weighted by atomic mass is 10.5. The molecule has 68 valence electrons. The first kappa shape index (κ1) is 11.3. The minimum atomic E-state index is -0.363. The highest BCUT2D eigenvalue weighted by molar-refractivity contribution is 8.07. The Morgan fingerprint density at radius 2 is 1.92 bits per heavy atom. The van der Waals surface area contributed by atoms with E-state index in [-0.39, 0.29) is 12.1 Å². The van der Waals surface area contributed by atoms with Crippen molar-refractivity contribution in [2.24, 2.45) is 0 Å². The Labute approximate surface area is 77.7 Å². The van der Waals surface area contributed by atoms with Crippen molar-refractivity contribution in [3.63, 3.8) is 0 Å². The Bertz CT molecular complexity index is 207. The van der Waals surface area contributed by atoms with E-state index in [2.05, 4.69) is 13.2 Å². The molecule has 0 aromatic carbocycles. The highest BCUT2D eigenvalue weighted by Crippen LogP contribution is 2.22. The van der Waals surface area contributed by atoms with E-state index in [1.165, 1.54) is 11.8 Å². The monoisotopic (exact) mass is 186 g/mol. The number of rotatable bonds is 4. The van der Waals surface area contributed by atoms with Crippen LogP contribution >= 0.6 is 11.8 Å². The Morgan fingerprint density at radius 1 is 1.42 bits per heavy atom. The molecule has 0 aromatic heterocycles. The van der Waals surface area contributed by atoms with Gasteiger partial charge < -0.3 is 4.74 Å². The molecule has 0 amide bonds. The molecule has 12 heavy (non-hydrogen) atoms. The van der Waals surface area contributed by atoms with Crippen molar-refractivity contribution in [1.82, 2.24) is 0 Å². The van der Waals surface area contributed by atoms with Crippen LogP contribution in [0.4, 0.5) is 0 Å². The van der Waals surface area contributed by atoms with Gasteiger partial charge in [-0.15, -0.1) is 0 Å². The van der Waals surface area contributed by atoms with Crippen molar-refractivity contribution >= 4 is 17.7 Å². The van der Waals surface area contributed by atoms with Gasteiger partial charge in [0.2, 0.25) is 0 Å². The topological polar surface area (TPSA) is 26.3 Å². The smallest absolute Gasteiger partial charge is 0.344 e. The molecule has 0 N–H and O–H groups in total. The second-order valence-electron chi connectivity index (χ2n) is 2.68. The van der Waals surface area contributed by atoms with Crippen LogP contribution in [0.5, 0.6) is 0 Å². The summed E-state index contributed by atoms with van der Waals surface area (Å²) >= 11 is 1.24. The van der Waals surface area contributed by atoms with Gasteiger partial charge in [-0.05, 0) is 25.7 Å². The van der Waals surface area contributed by atoms with Crippen LogP contribution in [0.1, 0.15) is 20.8 Å². The molecule has 0 radical (unpaired) electrons. The summed E-state index contributed by atoms with van der Waals surface area (Å²) in [5, 5.41) is 0. The second kappa shape index (κ2) is 5.04. The first-order chi connectivity index (χ1) is 5.43. The van der Waals surface area contributed by atoms with Crippen LogP contribution in [0.2, 0.25) is 0 Å². The molecule has 2 nitrogen and oxygen atoms in total. The highest BCUT2D eigenvalue weighted by Gasteiger charge is 2.10. The summed E-state index contributed by atoms with van der Waals surface area (Å²) in [6.07, 6.45) is -0.0972. The predicted octanol–water partition coefficient (Wildman–Crippen LogP) is 2.72. The summed E-state index contributed by atoms with van der Waals surface area (Å²) in [6, 6.07) is 0. The van der Waals surface area contributed by atoms with Gasteiger partial charge in [0.05, 0.1) is 11.0 Å². The molecule has 0 spiro atoms. The number of esters is 1. The third-order valence-electron chi connectivity index (χ3n) is 0.868. The van der Waals surface area contributed by atoms with Gasteiger partial charge >= 0.3 is 5.97 Å². The van der Waals surface area contributed by atoms with Crippen LogP contribution in [0.25, 0.3) is 0 Å². The molecule has 0 saturated heterocycles. The van der Waals surface area contributed by atoms with Crippen LogP contribution < -0.4 is 0 Å². The van der Waals surface area contributed by atoms with Gasteiger partial charge in [-0.25, -0.2) is 4.79 Å². The molecular formula is C9H14O2S. The summed E-state index contributed by atoms with van der Waals surface area (Å²) in [5.74, 6) is -0.363. The van der Waals surface area contributed by atoms with Gasteiger partial charge in [-0.2, -0.15) is 0 Å². The van der Waals surface area contributed by atoms with Crippen molar-refractivity contribution in [2.45, 2.75) is 26.9 Å². The van der Waals surface area contributed by atoms with Gasteiger partial charge in [0.15, 0.2) is 0 Å². The molecule has 0 aliphatic rings. The van der Waals surface area contributed by atoms with Crippen LogP contribution in [0.3, 0.4) is 0 Å². The molecule has 0 aromatic rings.